The third kappa shape index (κ3) is 3.46. The number of carboxylic acid groups (broad SMARTS) is 1. The van der Waals surface area contributed by atoms with Gasteiger partial charge in [0.05, 0.1) is 12.5 Å². The van der Waals surface area contributed by atoms with Gasteiger partial charge in [0.25, 0.3) is 0 Å². The van der Waals surface area contributed by atoms with E-state index in [9.17, 15) is 14.7 Å². The summed E-state index contributed by atoms with van der Waals surface area (Å²) in [7, 11) is 1.45. The van der Waals surface area contributed by atoms with Gasteiger partial charge in [-0.3, -0.25) is 9.59 Å². The first-order chi connectivity index (χ1) is 9.31. The molecule has 1 rings (SSSR count). The molecule has 0 saturated carbocycles. The van der Waals surface area contributed by atoms with Crippen molar-refractivity contribution in [2.24, 2.45) is 11.3 Å². The molecule has 0 saturated heterocycles. The number of aromatic nitrogens is 1. The summed E-state index contributed by atoms with van der Waals surface area (Å²) in [6, 6.07) is 3.31. The number of amides is 1. The van der Waals surface area contributed by atoms with Crippen molar-refractivity contribution in [1.29, 1.82) is 0 Å². The molecular weight excluding hydrogens is 260 g/mol. The summed E-state index contributed by atoms with van der Waals surface area (Å²) in [4.78, 5) is 27.4. The van der Waals surface area contributed by atoms with E-state index in [-0.39, 0.29) is 18.2 Å². The Balaban J connectivity index is 2.84. The standard InChI is InChI=1S/C14H20N2O4/c1-9(2)14(3,13(18)19)8-11(17)16-10-6-5-7-15-12(10)20-4/h5-7,9H,8H2,1-4H3,(H,16,17)(H,18,19). The second-order valence-corrected chi connectivity index (χ2v) is 5.16. The van der Waals surface area contributed by atoms with E-state index in [0.29, 0.717) is 11.6 Å². The molecule has 0 bridgehead atoms. The lowest BCUT2D eigenvalue weighted by Crippen LogP contribution is -2.37. The van der Waals surface area contributed by atoms with Gasteiger partial charge in [0.2, 0.25) is 11.8 Å². The average Bonchev–Trinajstić information content (AvgIpc) is 2.38. The van der Waals surface area contributed by atoms with Gasteiger partial charge in [-0.2, -0.15) is 0 Å². The van der Waals surface area contributed by atoms with Crippen molar-refractivity contribution in [3.8, 4) is 5.88 Å². The molecule has 20 heavy (non-hydrogen) atoms. The molecule has 0 fully saturated rings. The maximum absolute atomic E-state index is 12.0. The highest BCUT2D eigenvalue weighted by Gasteiger charge is 2.38. The van der Waals surface area contributed by atoms with E-state index in [0.717, 1.165) is 0 Å². The van der Waals surface area contributed by atoms with Crippen LogP contribution in [0.4, 0.5) is 5.69 Å². The van der Waals surface area contributed by atoms with Gasteiger partial charge in [0.15, 0.2) is 0 Å². The maximum atomic E-state index is 12.0. The first kappa shape index (κ1) is 15.9. The molecule has 0 spiro atoms. The van der Waals surface area contributed by atoms with Crippen molar-refractivity contribution in [1.82, 2.24) is 4.98 Å². The summed E-state index contributed by atoms with van der Waals surface area (Å²) in [5.41, 5.74) is -0.684. The number of hydrogen-bond acceptors (Lipinski definition) is 4. The third-order valence-electron chi connectivity index (χ3n) is 3.53. The maximum Gasteiger partial charge on any atom is 0.310 e. The second-order valence-electron chi connectivity index (χ2n) is 5.16. The lowest BCUT2D eigenvalue weighted by Gasteiger charge is -2.28. The van der Waals surface area contributed by atoms with E-state index in [1.807, 2.05) is 0 Å². The first-order valence-electron chi connectivity index (χ1n) is 6.33. The molecule has 1 atom stereocenters. The number of nitrogens with one attached hydrogen (secondary N) is 1. The van der Waals surface area contributed by atoms with Crippen molar-refractivity contribution < 1.29 is 19.4 Å². The number of pyridine rings is 1. The van der Waals surface area contributed by atoms with E-state index in [1.165, 1.54) is 7.11 Å². The van der Waals surface area contributed by atoms with Crippen LogP contribution in [0.25, 0.3) is 0 Å². The first-order valence-corrected chi connectivity index (χ1v) is 6.33. The summed E-state index contributed by atoms with van der Waals surface area (Å²) in [5, 5.41) is 11.9. The molecule has 1 unspecified atom stereocenters. The van der Waals surface area contributed by atoms with Crippen LogP contribution in [0.1, 0.15) is 27.2 Å². The number of nitrogens with zero attached hydrogens (tertiary/aromatic N) is 1. The minimum absolute atomic E-state index is 0.113. The third-order valence-corrected chi connectivity index (χ3v) is 3.53. The van der Waals surface area contributed by atoms with E-state index in [2.05, 4.69) is 10.3 Å². The van der Waals surface area contributed by atoms with Gasteiger partial charge >= 0.3 is 5.97 Å². The van der Waals surface area contributed by atoms with Crippen LogP contribution in [-0.4, -0.2) is 29.1 Å². The Kier molecular flexibility index (Phi) is 5.07. The molecule has 110 valence electrons. The molecule has 0 aliphatic rings. The van der Waals surface area contributed by atoms with E-state index in [1.54, 1.807) is 39.1 Å². The van der Waals surface area contributed by atoms with Crippen LogP contribution >= 0.6 is 0 Å². The van der Waals surface area contributed by atoms with Crippen molar-refractivity contribution in [2.45, 2.75) is 27.2 Å². The predicted octanol–water partition coefficient (Wildman–Crippen LogP) is 2.17. The van der Waals surface area contributed by atoms with Crippen molar-refractivity contribution in [3.63, 3.8) is 0 Å². The summed E-state index contributed by atoms with van der Waals surface area (Å²) >= 11 is 0. The molecule has 1 heterocycles. The zero-order valence-corrected chi connectivity index (χ0v) is 12.1. The summed E-state index contributed by atoms with van der Waals surface area (Å²) < 4.78 is 5.03. The van der Waals surface area contributed by atoms with E-state index in [4.69, 9.17) is 4.74 Å². The molecule has 1 aromatic heterocycles. The van der Waals surface area contributed by atoms with Gasteiger partial charge in [-0.1, -0.05) is 13.8 Å². The molecule has 2 N–H and O–H groups in total. The highest BCUT2D eigenvalue weighted by Crippen LogP contribution is 2.32. The Morgan fingerprint density at radius 1 is 1.50 bits per heavy atom. The highest BCUT2D eigenvalue weighted by atomic mass is 16.5. The fourth-order valence-corrected chi connectivity index (χ4v) is 1.70. The number of carbonyl (C=O) groups is 2. The number of aliphatic carboxylic acids is 1. The molecule has 1 aromatic rings. The zero-order chi connectivity index (χ0) is 15.3. The smallest absolute Gasteiger partial charge is 0.310 e. The van der Waals surface area contributed by atoms with Gasteiger partial charge in [-0.25, -0.2) is 4.98 Å². The zero-order valence-electron chi connectivity index (χ0n) is 12.1. The summed E-state index contributed by atoms with van der Waals surface area (Å²) in [5.74, 6) is -1.24. The van der Waals surface area contributed by atoms with Crippen molar-refractivity contribution >= 4 is 17.6 Å². The van der Waals surface area contributed by atoms with E-state index < -0.39 is 11.4 Å². The largest absolute Gasteiger partial charge is 0.481 e. The van der Waals surface area contributed by atoms with Crippen LogP contribution in [0.5, 0.6) is 5.88 Å². The van der Waals surface area contributed by atoms with Crippen molar-refractivity contribution in [3.05, 3.63) is 18.3 Å². The second kappa shape index (κ2) is 6.36. The fraction of sp³-hybridized carbons (Fsp3) is 0.500. The van der Waals surface area contributed by atoms with Crippen molar-refractivity contribution in [2.75, 3.05) is 12.4 Å². The number of methoxy groups -OCH3 is 1. The number of hydrogen-bond donors (Lipinski definition) is 2. The van der Waals surface area contributed by atoms with Crippen LogP contribution in [0.15, 0.2) is 18.3 Å². The van der Waals surface area contributed by atoms with Crippen LogP contribution in [0.2, 0.25) is 0 Å². The Morgan fingerprint density at radius 3 is 2.65 bits per heavy atom. The Morgan fingerprint density at radius 2 is 2.15 bits per heavy atom. The van der Waals surface area contributed by atoms with Crippen LogP contribution in [-0.2, 0) is 9.59 Å². The minimum atomic E-state index is -1.11. The van der Waals surface area contributed by atoms with Gasteiger partial charge in [-0.15, -0.1) is 0 Å². The number of anilines is 1. The lowest BCUT2D eigenvalue weighted by molar-refractivity contribution is -0.153. The molecule has 6 heteroatoms. The molecule has 1 amide bonds. The normalized spacial score (nSPS) is 13.7. The molecule has 0 aliphatic carbocycles. The van der Waals surface area contributed by atoms with Crippen LogP contribution in [0, 0.1) is 11.3 Å². The van der Waals surface area contributed by atoms with Gasteiger partial charge in [-0.05, 0) is 25.0 Å². The SMILES string of the molecule is COc1ncccc1NC(=O)CC(C)(C(=O)O)C(C)C. The predicted molar refractivity (Wildman–Crippen MR) is 74.6 cm³/mol. The quantitative estimate of drug-likeness (QED) is 0.833. The Hall–Kier alpha value is -2.11. The average molecular weight is 280 g/mol. The van der Waals surface area contributed by atoms with Crippen LogP contribution < -0.4 is 10.1 Å². The molecule has 0 aromatic carbocycles. The Bertz CT molecular complexity index is 502. The summed E-state index contributed by atoms with van der Waals surface area (Å²) in [6.07, 6.45) is 1.43. The molecule has 0 aliphatic heterocycles. The lowest BCUT2D eigenvalue weighted by atomic mass is 9.76. The van der Waals surface area contributed by atoms with Gasteiger partial charge in [0.1, 0.15) is 5.69 Å². The van der Waals surface area contributed by atoms with Gasteiger partial charge in [0, 0.05) is 12.6 Å². The highest BCUT2D eigenvalue weighted by molar-refractivity contribution is 5.95. The number of ether oxygens (including phenoxy) is 1. The molecule has 6 nitrogen and oxygen atoms in total. The van der Waals surface area contributed by atoms with Crippen LogP contribution in [0.3, 0.4) is 0 Å². The van der Waals surface area contributed by atoms with Gasteiger partial charge < -0.3 is 15.2 Å². The fourth-order valence-electron chi connectivity index (χ4n) is 1.70. The monoisotopic (exact) mass is 280 g/mol. The number of carboxylic acids is 1. The summed E-state index contributed by atoms with van der Waals surface area (Å²) in [6.45, 7) is 5.14. The topological polar surface area (TPSA) is 88.5 Å². The van der Waals surface area contributed by atoms with E-state index >= 15 is 0 Å². The Labute approximate surface area is 118 Å². The molecular formula is C14H20N2O4. The number of rotatable bonds is 6. The minimum Gasteiger partial charge on any atom is -0.481 e. The number of carbonyl (C=O) groups excluding carboxylic acids is 1. The molecule has 0 radical (unpaired) electrons.